The smallest absolute Gasteiger partial charge is 0.305 e. The van der Waals surface area contributed by atoms with Crippen LogP contribution >= 0.6 is 0 Å². The van der Waals surface area contributed by atoms with Crippen molar-refractivity contribution < 1.29 is 24.5 Å². The van der Waals surface area contributed by atoms with Gasteiger partial charge in [0.2, 0.25) is 5.91 Å². The number of hydrogen-bond acceptors (Lipinski definition) is 5. The average molecular weight is 1210 g/mol. The Morgan fingerprint density at radius 3 is 0.884 bits per heavy atom. The Morgan fingerprint density at radius 2 is 0.581 bits per heavy atom. The summed E-state index contributed by atoms with van der Waals surface area (Å²) in [5.41, 5.74) is 0. The Hall–Kier alpha value is -1.66. The van der Waals surface area contributed by atoms with Crippen LogP contribution in [0.4, 0.5) is 0 Å². The molecule has 6 heteroatoms. The van der Waals surface area contributed by atoms with Gasteiger partial charge in [0, 0.05) is 12.8 Å². The third-order valence-electron chi connectivity index (χ3n) is 18.8. The molecule has 0 saturated heterocycles. The quantitative estimate of drug-likeness (QED) is 0.0320. The Bertz CT molecular complexity index is 1350. The van der Waals surface area contributed by atoms with Gasteiger partial charge in [-0.05, 0) is 57.8 Å². The Balaban J connectivity index is 3.35. The molecule has 0 aliphatic heterocycles. The Labute approximate surface area is 539 Å². The molecule has 0 spiro atoms. The number of amides is 1. The number of nitrogens with one attached hydrogen (secondary N) is 1. The molecule has 0 bridgehead atoms. The fourth-order valence-electron chi connectivity index (χ4n) is 12.7. The van der Waals surface area contributed by atoms with E-state index in [0.717, 1.165) is 44.9 Å². The molecule has 3 N–H and O–H groups in total. The molecule has 0 saturated carbocycles. The van der Waals surface area contributed by atoms with Crippen molar-refractivity contribution in [1.82, 2.24) is 5.32 Å². The second-order valence-corrected chi connectivity index (χ2v) is 27.4. The number of aliphatic hydroxyl groups excluding tert-OH is 2. The molecule has 0 fully saturated rings. The maximum atomic E-state index is 12.5. The van der Waals surface area contributed by atoms with E-state index in [4.69, 9.17) is 4.74 Å². The number of aliphatic hydroxyl groups is 2. The minimum absolute atomic E-state index is 0.0222. The van der Waals surface area contributed by atoms with Crippen LogP contribution in [0.2, 0.25) is 0 Å². The van der Waals surface area contributed by atoms with Gasteiger partial charge in [-0.3, -0.25) is 9.59 Å². The SMILES string of the molecule is CCCCCCCCCCCCCCCCCCCCC(=O)OCCCCCCCCCCCCC/C=C\C/C=C\CCCCCCCCCCCCCCCCCCCC(=O)NC(CO)C(O)CCCCCCCCCCCCCCCCCC. The number of esters is 1. The van der Waals surface area contributed by atoms with E-state index in [2.05, 4.69) is 43.5 Å². The molecule has 0 aromatic heterocycles. The van der Waals surface area contributed by atoms with Crippen LogP contribution in [0.1, 0.15) is 450 Å². The molecule has 0 rings (SSSR count). The second kappa shape index (κ2) is 75.8. The highest BCUT2D eigenvalue weighted by atomic mass is 16.5. The maximum Gasteiger partial charge on any atom is 0.305 e. The highest BCUT2D eigenvalue weighted by Gasteiger charge is 2.20. The van der Waals surface area contributed by atoms with E-state index in [9.17, 15) is 19.8 Å². The number of ether oxygens (including phenoxy) is 1. The topological polar surface area (TPSA) is 95.9 Å². The summed E-state index contributed by atoms with van der Waals surface area (Å²) in [5.74, 6) is -0.00657. The lowest BCUT2D eigenvalue weighted by atomic mass is 10.0. The minimum Gasteiger partial charge on any atom is -0.466 e. The molecule has 0 radical (unpaired) electrons. The van der Waals surface area contributed by atoms with Gasteiger partial charge in [0.1, 0.15) is 0 Å². The van der Waals surface area contributed by atoms with Gasteiger partial charge < -0.3 is 20.3 Å². The standard InChI is InChI=1S/C80H155NO5/c1-3-5-7-9-11-13-15-17-19-21-42-46-50-54-58-62-66-70-74-80(85)86-75-71-67-63-59-55-51-47-43-40-38-36-34-32-30-28-26-24-22-23-25-27-29-31-33-35-37-39-41-45-49-53-57-61-65-69-73-79(84)81-77(76-82)78(83)72-68-64-60-56-52-48-44-20-18-16-14-12-10-8-6-4-2/h24,26,30,32,77-78,82-83H,3-23,25,27-29,31,33-76H2,1-2H3,(H,81,84)/b26-24-,32-30-. The van der Waals surface area contributed by atoms with E-state index in [1.165, 1.54) is 372 Å². The molecular weight excluding hydrogens is 1050 g/mol. The zero-order valence-corrected chi connectivity index (χ0v) is 58.6. The summed E-state index contributed by atoms with van der Waals surface area (Å²) in [4.78, 5) is 24.6. The predicted molar refractivity (Wildman–Crippen MR) is 380 cm³/mol. The van der Waals surface area contributed by atoms with E-state index in [0.29, 0.717) is 25.9 Å². The number of hydrogen-bond donors (Lipinski definition) is 3. The fourth-order valence-corrected chi connectivity index (χ4v) is 12.7. The van der Waals surface area contributed by atoms with Gasteiger partial charge in [0.05, 0.1) is 25.4 Å². The number of allylic oxidation sites excluding steroid dienone is 4. The van der Waals surface area contributed by atoms with Gasteiger partial charge >= 0.3 is 5.97 Å². The van der Waals surface area contributed by atoms with Crippen molar-refractivity contribution in [2.24, 2.45) is 0 Å². The van der Waals surface area contributed by atoms with Gasteiger partial charge in [-0.2, -0.15) is 0 Å². The summed E-state index contributed by atoms with van der Waals surface area (Å²) in [5, 5.41) is 23.4. The second-order valence-electron chi connectivity index (χ2n) is 27.4. The Kier molecular flexibility index (Phi) is 74.3. The lowest BCUT2D eigenvalue weighted by Gasteiger charge is -2.22. The highest BCUT2D eigenvalue weighted by molar-refractivity contribution is 5.76. The van der Waals surface area contributed by atoms with Crippen LogP contribution in [0.15, 0.2) is 24.3 Å². The van der Waals surface area contributed by atoms with Crippen molar-refractivity contribution in [2.75, 3.05) is 13.2 Å². The fraction of sp³-hybridized carbons (Fsp3) is 0.925. The first-order chi connectivity index (χ1) is 42.5. The van der Waals surface area contributed by atoms with Gasteiger partial charge in [-0.25, -0.2) is 0 Å². The molecule has 6 nitrogen and oxygen atoms in total. The zero-order chi connectivity index (χ0) is 62.0. The van der Waals surface area contributed by atoms with Crippen molar-refractivity contribution in [2.45, 2.75) is 463 Å². The molecule has 86 heavy (non-hydrogen) atoms. The summed E-state index contributed by atoms with van der Waals surface area (Å²) < 4.78 is 5.51. The van der Waals surface area contributed by atoms with Crippen LogP contribution in [0, 0.1) is 0 Å². The first kappa shape index (κ1) is 84.3. The number of unbranched alkanes of at least 4 members (excludes halogenated alkanes) is 60. The van der Waals surface area contributed by atoms with Crippen molar-refractivity contribution in [1.29, 1.82) is 0 Å². The van der Waals surface area contributed by atoms with Crippen LogP contribution in [0.5, 0.6) is 0 Å². The molecule has 0 aliphatic carbocycles. The lowest BCUT2D eigenvalue weighted by molar-refractivity contribution is -0.143. The van der Waals surface area contributed by atoms with E-state index >= 15 is 0 Å². The average Bonchev–Trinajstić information content (AvgIpc) is 3.60. The molecule has 2 atom stereocenters. The largest absolute Gasteiger partial charge is 0.466 e. The summed E-state index contributed by atoms with van der Waals surface area (Å²) in [6, 6.07) is -0.540. The van der Waals surface area contributed by atoms with E-state index < -0.39 is 12.1 Å². The Morgan fingerprint density at radius 1 is 0.326 bits per heavy atom. The van der Waals surface area contributed by atoms with Crippen molar-refractivity contribution in [3.63, 3.8) is 0 Å². The van der Waals surface area contributed by atoms with Crippen LogP contribution in [-0.4, -0.2) is 47.4 Å². The molecule has 0 heterocycles. The van der Waals surface area contributed by atoms with Crippen LogP contribution in [0.25, 0.3) is 0 Å². The van der Waals surface area contributed by atoms with Crippen LogP contribution in [0.3, 0.4) is 0 Å². The zero-order valence-electron chi connectivity index (χ0n) is 58.6. The number of carbonyl (C=O) groups excluding carboxylic acids is 2. The van der Waals surface area contributed by atoms with E-state index in [1.54, 1.807) is 0 Å². The summed E-state index contributed by atoms with van der Waals surface area (Å²) in [7, 11) is 0. The third-order valence-corrected chi connectivity index (χ3v) is 18.8. The van der Waals surface area contributed by atoms with E-state index in [-0.39, 0.29) is 18.5 Å². The third kappa shape index (κ3) is 71.4. The highest BCUT2D eigenvalue weighted by Crippen LogP contribution is 2.20. The molecule has 0 aromatic carbocycles. The molecule has 510 valence electrons. The number of carbonyl (C=O) groups is 2. The first-order valence-corrected chi connectivity index (χ1v) is 39.6. The monoisotopic (exact) mass is 1210 g/mol. The summed E-state index contributed by atoms with van der Waals surface area (Å²) in [6.45, 7) is 5.01. The maximum absolute atomic E-state index is 12.5. The van der Waals surface area contributed by atoms with Gasteiger partial charge in [0.15, 0.2) is 0 Å². The van der Waals surface area contributed by atoms with Crippen molar-refractivity contribution in [3.8, 4) is 0 Å². The predicted octanol–water partition coefficient (Wildman–Crippen LogP) is 26.0. The normalized spacial score (nSPS) is 12.6. The van der Waals surface area contributed by atoms with Crippen molar-refractivity contribution in [3.05, 3.63) is 24.3 Å². The first-order valence-electron chi connectivity index (χ1n) is 39.6. The number of rotatable bonds is 75. The minimum atomic E-state index is -0.663. The van der Waals surface area contributed by atoms with E-state index in [1.807, 2.05) is 0 Å². The van der Waals surface area contributed by atoms with Crippen LogP contribution < -0.4 is 5.32 Å². The molecule has 2 unspecified atom stereocenters. The molecule has 0 aromatic rings. The molecule has 0 aliphatic rings. The molecular formula is C80H155NO5. The summed E-state index contributed by atoms with van der Waals surface area (Å²) in [6.07, 6.45) is 97.0. The van der Waals surface area contributed by atoms with Gasteiger partial charge in [0.25, 0.3) is 0 Å². The summed E-state index contributed by atoms with van der Waals surface area (Å²) >= 11 is 0. The van der Waals surface area contributed by atoms with Crippen molar-refractivity contribution >= 4 is 11.9 Å². The van der Waals surface area contributed by atoms with Gasteiger partial charge in [-0.15, -0.1) is 0 Å². The molecule has 1 amide bonds. The van der Waals surface area contributed by atoms with Crippen LogP contribution in [-0.2, 0) is 14.3 Å². The lowest BCUT2D eigenvalue weighted by Crippen LogP contribution is -2.45. The van der Waals surface area contributed by atoms with Gasteiger partial charge in [-0.1, -0.05) is 404 Å².